The van der Waals surface area contributed by atoms with Crippen molar-refractivity contribution < 1.29 is 0 Å². The zero-order valence-electron chi connectivity index (χ0n) is 11.4. The van der Waals surface area contributed by atoms with Gasteiger partial charge in [-0.2, -0.15) is 0 Å². The molecule has 0 spiro atoms. The highest BCUT2D eigenvalue weighted by Crippen LogP contribution is 2.20. The average molecular weight is 266 g/mol. The molecule has 4 heteroatoms. The molecule has 0 aromatic carbocycles. The smallest absolute Gasteiger partial charge is 0.160 e. The van der Waals surface area contributed by atoms with Gasteiger partial charge in [0.25, 0.3) is 0 Å². The van der Waals surface area contributed by atoms with Crippen molar-refractivity contribution in [3.8, 4) is 0 Å². The summed E-state index contributed by atoms with van der Waals surface area (Å²) in [6.45, 7) is 9.68. The van der Waals surface area contributed by atoms with E-state index in [1.807, 2.05) is 13.1 Å². The standard InChI is InChI=1S/C14H20ClN3/c1-9(2)11(4)8-18-13(6-15)17-12-5-10(3)7-16-14(12)18/h5,7,9,11H,6,8H2,1-4H3. The van der Waals surface area contributed by atoms with E-state index >= 15 is 0 Å². The van der Waals surface area contributed by atoms with Crippen molar-refractivity contribution >= 4 is 22.8 Å². The van der Waals surface area contributed by atoms with Crippen LogP contribution >= 0.6 is 11.6 Å². The Bertz CT molecular complexity index is 545. The van der Waals surface area contributed by atoms with Crippen LogP contribution in [0.1, 0.15) is 32.2 Å². The molecule has 1 unspecified atom stereocenters. The van der Waals surface area contributed by atoms with Gasteiger partial charge in [-0.3, -0.25) is 0 Å². The molecule has 18 heavy (non-hydrogen) atoms. The Hall–Kier alpha value is -1.09. The van der Waals surface area contributed by atoms with Crippen molar-refractivity contribution in [1.82, 2.24) is 14.5 Å². The fraction of sp³-hybridized carbons (Fsp3) is 0.571. The fourth-order valence-corrected chi connectivity index (χ4v) is 2.16. The van der Waals surface area contributed by atoms with Gasteiger partial charge in [0.05, 0.1) is 5.88 Å². The number of aromatic nitrogens is 3. The molecule has 0 aliphatic heterocycles. The third-order valence-corrected chi connectivity index (χ3v) is 3.77. The van der Waals surface area contributed by atoms with Crippen LogP contribution in [-0.4, -0.2) is 14.5 Å². The largest absolute Gasteiger partial charge is 0.311 e. The minimum atomic E-state index is 0.431. The highest BCUT2D eigenvalue weighted by molar-refractivity contribution is 6.16. The van der Waals surface area contributed by atoms with Crippen LogP contribution in [0.25, 0.3) is 11.2 Å². The van der Waals surface area contributed by atoms with Gasteiger partial charge in [-0.1, -0.05) is 20.8 Å². The average Bonchev–Trinajstić information content (AvgIpc) is 2.66. The minimum Gasteiger partial charge on any atom is -0.311 e. The van der Waals surface area contributed by atoms with Crippen molar-refractivity contribution in [1.29, 1.82) is 0 Å². The first-order chi connectivity index (χ1) is 8.52. The van der Waals surface area contributed by atoms with Crippen LogP contribution in [0, 0.1) is 18.8 Å². The van der Waals surface area contributed by atoms with Crippen molar-refractivity contribution in [3.05, 3.63) is 23.7 Å². The van der Waals surface area contributed by atoms with Gasteiger partial charge in [0.1, 0.15) is 11.3 Å². The molecule has 3 nitrogen and oxygen atoms in total. The number of hydrogen-bond acceptors (Lipinski definition) is 2. The highest BCUT2D eigenvalue weighted by Gasteiger charge is 2.15. The Kier molecular flexibility index (Phi) is 3.91. The van der Waals surface area contributed by atoms with Crippen molar-refractivity contribution in [2.24, 2.45) is 11.8 Å². The lowest BCUT2D eigenvalue weighted by atomic mass is 9.98. The topological polar surface area (TPSA) is 30.7 Å². The second-order valence-electron chi connectivity index (χ2n) is 5.35. The molecule has 2 rings (SSSR count). The number of nitrogens with zero attached hydrogens (tertiary/aromatic N) is 3. The molecule has 0 saturated heterocycles. The first-order valence-electron chi connectivity index (χ1n) is 6.40. The molecular formula is C14H20ClN3. The lowest BCUT2D eigenvalue weighted by Gasteiger charge is -2.17. The van der Waals surface area contributed by atoms with Gasteiger partial charge in [-0.15, -0.1) is 11.6 Å². The van der Waals surface area contributed by atoms with Crippen LogP contribution in [0.15, 0.2) is 12.3 Å². The summed E-state index contributed by atoms with van der Waals surface area (Å²) in [6.07, 6.45) is 1.89. The SMILES string of the molecule is Cc1cnc2c(c1)nc(CCl)n2CC(C)C(C)C. The van der Waals surface area contributed by atoms with E-state index in [2.05, 4.69) is 41.4 Å². The number of pyridine rings is 1. The molecular weight excluding hydrogens is 246 g/mol. The summed E-state index contributed by atoms with van der Waals surface area (Å²) < 4.78 is 2.16. The molecule has 0 aliphatic carbocycles. The van der Waals surface area contributed by atoms with E-state index in [0.717, 1.165) is 29.1 Å². The second-order valence-corrected chi connectivity index (χ2v) is 5.62. The Morgan fingerprint density at radius 3 is 2.67 bits per heavy atom. The molecule has 0 saturated carbocycles. The molecule has 2 aromatic heterocycles. The van der Waals surface area contributed by atoms with E-state index in [-0.39, 0.29) is 0 Å². The van der Waals surface area contributed by atoms with Crippen molar-refractivity contribution in [2.45, 2.75) is 40.1 Å². The number of halogens is 1. The molecule has 1 atom stereocenters. The summed E-state index contributed by atoms with van der Waals surface area (Å²) >= 11 is 6.00. The van der Waals surface area contributed by atoms with Gasteiger partial charge in [-0.25, -0.2) is 9.97 Å². The zero-order valence-corrected chi connectivity index (χ0v) is 12.2. The van der Waals surface area contributed by atoms with Crippen LogP contribution in [0.4, 0.5) is 0 Å². The van der Waals surface area contributed by atoms with E-state index in [9.17, 15) is 0 Å². The Morgan fingerprint density at radius 1 is 1.33 bits per heavy atom. The Balaban J connectivity index is 2.47. The van der Waals surface area contributed by atoms with Gasteiger partial charge < -0.3 is 4.57 Å². The number of imidazole rings is 1. The van der Waals surface area contributed by atoms with Crippen LogP contribution in [0.2, 0.25) is 0 Å². The summed E-state index contributed by atoms with van der Waals surface area (Å²) in [6, 6.07) is 2.06. The van der Waals surface area contributed by atoms with Crippen molar-refractivity contribution in [3.63, 3.8) is 0 Å². The predicted molar refractivity (Wildman–Crippen MR) is 75.8 cm³/mol. The van der Waals surface area contributed by atoms with Crippen LogP contribution in [0.3, 0.4) is 0 Å². The predicted octanol–water partition coefficient (Wildman–Crippen LogP) is 3.77. The van der Waals surface area contributed by atoms with Gasteiger partial charge in [-0.05, 0) is 30.4 Å². The summed E-state index contributed by atoms with van der Waals surface area (Å²) in [5.41, 5.74) is 3.02. The summed E-state index contributed by atoms with van der Waals surface area (Å²) in [5, 5.41) is 0. The van der Waals surface area contributed by atoms with Crippen molar-refractivity contribution in [2.75, 3.05) is 0 Å². The number of alkyl halides is 1. The highest BCUT2D eigenvalue weighted by atomic mass is 35.5. The van der Waals surface area contributed by atoms with Gasteiger partial charge in [0.2, 0.25) is 0 Å². The van der Waals surface area contributed by atoms with Crippen LogP contribution in [0.5, 0.6) is 0 Å². The maximum absolute atomic E-state index is 6.00. The number of fused-ring (bicyclic) bond motifs is 1. The van der Waals surface area contributed by atoms with Gasteiger partial charge in [0, 0.05) is 12.7 Å². The lowest BCUT2D eigenvalue weighted by Crippen LogP contribution is -2.15. The number of hydrogen-bond donors (Lipinski definition) is 0. The molecule has 2 heterocycles. The lowest BCUT2D eigenvalue weighted by molar-refractivity contribution is 0.365. The first kappa shape index (κ1) is 13.3. The molecule has 0 fully saturated rings. The summed E-state index contributed by atoms with van der Waals surface area (Å²) in [5.74, 6) is 2.56. The third kappa shape index (κ3) is 2.51. The minimum absolute atomic E-state index is 0.431. The molecule has 98 valence electrons. The van der Waals surface area contributed by atoms with E-state index in [4.69, 9.17) is 11.6 Å². The van der Waals surface area contributed by atoms with E-state index in [1.54, 1.807) is 0 Å². The molecule has 0 bridgehead atoms. The maximum Gasteiger partial charge on any atom is 0.160 e. The summed E-state index contributed by atoms with van der Waals surface area (Å²) in [7, 11) is 0. The van der Waals surface area contributed by atoms with E-state index in [1.165, 1.54) is 0 Å². The first-order valence-corrected chi connectivity index (χ1v) is 6.94. The normalized spacial score (nSPS) is 13.4. The number of rotatable bonds is 4. The second kappa shape index (κ2) is 5.27. The van der Waals surface area contributed by atoms with Gasteiger partial charge in [0.15, 0.2) is 5.65 Å². The molecule has 0 N–H and O–H groups in total. The zero-order chi connectivity index (χ0) is 13.3. The Morgan fingerprint density at radius 2 is 2.06 bits per heavy atom. The quantitative estimate of drug-likeness (QED) is 0.788. The molecule has 0 radical (unpaired) electrons. The molecule has 2 aromatic rings. The third-order valence-electron chi connectivity index (χ3n) is 3.53. The molecule has 0 amide bonds. The van der Waals surface area contributed by atoms with Gasteiger partial charge >= 0.3 is 0 Å². The van der Waals surface area contributed by atoms with Crippen LogP contribution in [-0.2, 0) is 12.4 Å². The Labute approximate surface area is 113 Å². The number of aryl methyl sites for hydroxylation is 1. The van der Waals surface area contributed by atoms with Crippen LogP contribution < -0.4 is 0 Å². The molecule has 0 aliphatic rings. The maximum atomic E-state index is 6.00. The monoisotopic (exact) mass is 265 g/mol. The fourth-order valence-electron chi connectivity index (χ4n) is 1.95. The summed E-state index contributed by atoms with van der Waals surface area (Å²) in [4.78, 5) is 9.08. The van der Waals surface area contributed by atoms with E-state index < -0.39 is 0 Å². The van der Waals surface area contributed by atoms with E-state index in [0.29, 0.717) is 17.7 Å².